The second-order valence-corrected chi connectivity index (χ2v) is 7.37. The van der Waals surface area contributed by atoms with Gasteiger partial charge in [-0.15, -0.1) is 0 Å². The lowest BCUT2D eigenvalue weighted by atomic mass is 10.1. The first kappa shape index (κ1) is 22.3. The van der Waals surface area contributed by atoms with E-state index in [4.69, 9.17) is 26.2 Å². The molecule has 1 aliphatic rings. The number of hydrogen-bond acceptors (Lipinski definition) is 8. The molecule has 0 atom stereocenters. The number of pyridine rings is 1. The van der Waals surface area contributed by atoms with Crippen LogP contribution >= 0.6 is 11.6 Å². The van der Waals surface area contributed by atoms with Gasteiger partial charge >= 0.3 is 6.03 Å². The average Bonchev–Trinajstić information content (AvgIpc) is 3.05. The summed E-state index contributed by atoms with van der Waals surface area (Å²) >= 11 is 6.11. The third kappa shape index (κ3) is 5.48. The first-order valence-corrected chi connectivity index (χ1v) is 10.4. The molecule has 0 saturated carbocycles. The Kier molecular flexibility index (Phi) is 6.86. The van der Waals surface area contributed by atoms with Crippen LogP contribution in [0.3, 0.4) is 0 Å². The number of ether oxygens (including phenoxy) is 2. The predicted octanol–water partition coefficient (Wildman–Crippen LogP) is 3.78. The zero-order chi connectivity index (χ0) is 23.2. The highest BCUT2D eigenvalue weighted by Crippen LogP contribution is 2.33. The van der Waals surface area contributed by atoms with E-state index in [9.17, 15) is 9.90 Å². The van der Waals surface area contributed by atoms with Gasteiger partial charge in [-0.2, -0.15) is 0 Å². The Labute approximate surface area is 194 Å². The maximum Gasteiger partial charge on any atom is 0.328 e. The lowest BCUT2D eigenvalue weighted by Gasteiger charge is -2.21. The number of nitrogens with zero attached hydrogens (tertiary/aromatic N) is 4. The number of benzene rings is 1. The lowest BCUT2D eigenvalue weighted by Crippen LogP contribution is -2.36. The standard InChI is InChI=1S/C22H20ClN5O5/c23-15-4-1-3-14(9-15)17-5-6-18-21(26-17)28(7-2-8-32-18)22(31)27-19-10-25-20(11-24-19)33-13-16(30)12-29/h1,3-6,9-11,13,29-30H,2,7-8,12H2,(H,24,27,31)/b16-13-. The maximum atomic E-state index is 13.1. The number of carbonyl (C=O) groups is 1. The summed E-state index contributed by atoms with van der Waals surface area (Å²) in [6.45, 7) is 0.287. The van der Waals surface area contributed by atoms with E-state index >= 15 is 0 Å². The van der Waals surface area contributed by atoms with Crippen LogP contribution in [0.5, 0.6) is 11.6 Å². The molecule has 0 radical (unpaired) electrons. The molecule has 1 aromatic carbocycles. The van der Waals surface area contributed by atoms with Gasteiger partial charge in [0.15, 0.2) is 23.1 Å². The summed E-state index contributed by atoms with van der Waals surface area (Å²) in [4.78, 5) is 27.3. The van der Waals surface area contributed by atoms with Crippen molar-refractivity contribution in [2.75, 3.05) is 30.0 Å². The van der Waals surface area contributed by atoms with Crippen LogP contribution in [0.25, 0.3) is 11.3 Å². The van der Waals surface area contributed by atoms with E-state index in [1.165, 1.54) is 17.3 Å². The van der Waals surface area contributed by atoms with Crippen molar-refractivity contribution < 1.29 is 24.5 Å². The molecule has 170 valence electrons. The summed E-state index contributed by atoms with van der Waals surface area (Å²) in [5.41, 5.74) is 1.47. The van der Waals surface area contributed by atoms with Crippen molar-refractivity contribution in [1.29, 1.82) is 0 Å². The highest BCUT2D eigenvalue weighted by Gasteiger charge is 2.25. The molecule has 4 rings (SSSR count). The third-order valence-electron chi connectivity index (χ3n) is 4.59. The number of amides is 2. The molecule has 3 heterocycles. The molecular formula is C22H20ClN5O5. The molecule has 0 unspecified atom stereocenters. The van der Waals surface area contributed by atoms with Crippen molar-refractivity contribution in [2.45, 2.75) is 6.42 Å². The summed E-state index contributed by atoms with van der Waals surface area (Å²) in [6, 6.07) is 10.5. The van der Waals surface area contributed by atoms with Gasteiger partial charge in [0.2, 0.25) is 5.88 Å². The first-order valence-electron chi connectivity index (χ1n) is 9.99. The first-order chi connectivity index (χ1) is 16.0. The summed E-state index contributed by atoms with van der Waals surface area (Å²) in [5, 5.41) is 21.2. The van der Waals surface area contributed by atoms with Crippen LogP contribution in [-0.4, -0.2) is 51.0 Å². The van der Waals surface area contributed by atoms with Gasteiger partial charge in [-0.1, -0.05) is 23.7 Å². The molecule has 11 heteroatoms. The van der Waals surface area contributed by atoms with Gasteiger partial charge in [-0.05, 0) is 30.7 Å². The van der Waals surface area contributed by atoms with Crippen molar-refractivity contribution >= 4 is 29.3 Å². The normalized spacial score (nSPS) is 13.5. The van der Waals surface area contributed by atoms with Gasteiger partial charge in [0.05, 0.1) is 24.7 Å². The fourth-order valence-corrected chi connectivity index (χ4v) is 3.23. The molecule has 2 amide bonds. The van der Waals surface area contributed by atoms with Crippen molar-refractivity contribution in [3.05, 3.63) is 65.8 Å². The van der Waals surface area contributed by atoms with Crippen molar-refractivity contribution in [3.8, 4) is 22.9 Å². The molecule has 0 bridgehead atoms. The zero-order valence-corrected chi connectivity index (χ0v) is 18.1. The number of aromatic nitrogens is 3. The van der Waals surface area contributed by atoms with Crippen molar-refractivity contribution in [2.24, 2.45) is 0 Å². The number of fused-ring (bicyclic) bond motifs is 1. The maximum absolute atomic E-state index is 13.1. The van der Waals surface area contributed by atoms with Gasteiger partial charge in [0.25, 0.3) is 0 Å². The van der Waals surface area contributed by atoms with E-state index in [2.05, 4.69) is 20.3 Å². The lowest BCUT2D eigenvalue weighted by molar-refractivity contribution is 0.240. The van der Waals surface area contributed by atoms with E-state index in [1.54, 1.807) is 18.2 Å². The molecule has 1 aliphatic heterocycles. The largest absolute Gasteiger partial charge is 0.507 e. The number of carbonyl (C=O) groups excluding carboxylic acids is 1. The Hall–Kier alpha value is -3.89. The third-order valence-corrected chi connectivity index (χ3v) is 4.82. The number of rotatable bonds is 5. The van der Waals surface area contributed by atoms with Gasteiger partial charge < -0.3 is 19.7 Å². The summed E-state index contributed by atoms with van der Waals surface area (Å²) in [6.07, 6.45) is 4.14. The minimum atomic E-state index is -0.560. The van der Waals surface area contributed by atoms with Gasteiger partial charge in [-0.3, -0.25) is 10.2 Å². The quantitative estimate of drug-likeness (QED) is 0.481. The molecule has 3 aromatic rings. The van der Waals surface area contributed by atoms with Crippen LogP contribution in [0, 0.1) is 0 Å². The summed E-state index contributed by atoms with van der Waals surface area (Å²) < 4.78 is 10.8. The highest BCUT2D eigenvalue weighted by molar-refractivity contribution is 6.30. The summed E-state index contributed by atoms with van der Waals surface area (Å²) in [7, 11) is 0. The second kappa shape index (κ2) is 10.2. The number of nitrogens with one attached hydrogen (secondary N) is 1. The molecule has 2 aromatic heterocycles. The molecule has 10 nitrogen and oxygen atoms in total. The van der Waals surface area contributed by atoms with Crippen LogP contribution in [0.1, 0.15) is 6.42 Å². The minimum Gasteiger partial charge on any atom is -0.507 e. The average molecular weight is 470 g/mol. The van der Waals surface area contributed by atoms with Crippen molar-refractivity contribution in [3.63, 3.8) is 0 Å². The van der Waals surface area contributed by atoms with Gasteiger partial charge in [-0.25, -0.2) is 19.7 Å². The van der Waals surface area contributed by atoms with Crippen LogP contribution < -0.4 is 19.7 Å². The SMILES string of the molecule is O=C(Nc1cnc(O/C=C(\O)CO)cn1)N1CCCOc2ccc(-c3cccc(Cl)c3)nc21. The van der Waals surface area contributed by atoms with Crippen LogP contribution in [0.2, 0.25) is 5.02 Å². The molecule has 33 heavy (non-hydrogen) atoms. The molecule has 0 saturated heterocycles. The number of aliphatic hydroxyl groups is 2. The molecule has 0 spiro atoms. The number of urea groups is 1. The number of anilines is 2. The van der Waals surface area contributed by atoms with Crippen LogP contribution in [-0.2, 0) is 0 Å². The fourth-order valence-electron chi connectivity index (χ4n) is 3.04. The van der Waals surface area contributed by atoms with Crippen molar-refractivity contribution in [1.82, 2.24) is 15.0 Å². The van der Waals surface area contributed by atoms with E-state index in [0.29, 0.717) is 41.9 Å². The van der Waals surface area contributed by atoms with E-state index < -0.39 is 12.6 Å². The molecule has 3 N–H and O–H groups in total. The zero-order valence-electron chi connectivity index (χ0n) is 17.3. The number of hydrogen-bond donors (Lipinski definition) is 3. The monoisotopic (exact) mass is 469 g/mol. The second-order valence-electron chi connectivity index (χ2n) is 6.94. The Balaban J connectivity index is 1.54. The Morgan fingerprint density at radius 3 is 2.91 bits per heavy atom. The molecular weight excluding hydrogens is 450 g/mol. The van der Waals surface area contributed by atoms with Gasteiger partial charge in [0.1, 0.15) is 12.9 Å². The van der Waals surface area contributed by atoms with E-state index in [-0.39, 0.29) is 17.5 Å². The Morgan fingerprint density at radius 2 is 2.15 bits per heavy atom. The highest BCUT2D eigenvalue weighted by atomic mass is 35.5. The number of halogens is 1. The van der Waals surface area contributed by atoms with Crippen LogP contribution in [0.15, 0.2) is 60.8 Å². The van der Waals surface area contributed by atoms with E-state index in [1.807, 2.05) is 18.2 Å². The van der Waals surface area contributed by atoms with Gasteiger partial charge in [0, 0.05) is 17.1 Å². The fraction of sp³-hybridized carbons (Fsp3) is 0.182. The topological polar surface area (TPSA) is 130 Å². The Bertz CT molecular complexity index is 1170. The predicted molar refractivity (Wildman–Crippen MR) is 122 cm³/mol. The Morgan fingerprint density at radius 1 is 1.27 bits per heavy atom. The molecule has 0 aliphatic carbocycles. The van der Waals surface area contributed by atoms with E-state index in [0.717, 1.165) is 11.8 Å². The van der Waals surface area contributed by atoms with Crippen LogP contribution in [0.4, 0.5) is 16.4 Å². The smallest absolute Gasteiger partial charge is 0.328 e. The molecule has 0 fully saturated rings. The number of aliphatic hydroxyl groups excluding tert-OH is 2. The summed E-state index contributed by atoms with van der Waals surface area (Å²) in [5.74, 6) is 0.800. The minimum absolute atomic E-state index is 0.0781.